The van der Waals surface area contributed by atoms with E-state index in [1.54, 1.807) is 13.0 Å². The third-order valence-electron chi connectivity index (χ3n) is 3.43. The number of nitrogens with two attached hydrogens (primary N) is 1. The number of carboxylic acid groups (broad SMARTS) is 1. The summed E-state index contributed by atoms with van der Waals surface area (Å²) < 4.78 is 1.88. The molecule has 108 valence electrons. The number of aliphatic hydroxyl groups is 1. The molecule has 0 saturated heterocycles. The van der Waals surface area contributed by atoms with Gasteiger partial charge in [0.2, 0.25) is 0 Å². The molecule has 0 fully saturated rings. The van der Waals surface area contributed by atoms with Crippen LogP contribution in [0.3, 0.4) is 0 Å². The van der Waals surface area contributed by atoms with Gasteiger partial charge in [-0.3, -0.25) is 0 Å². The van der Waals surface area contributed by atoms with E-state index in [9.17, 15) is 15.0 Å². The van der Waals surface area contributed by atoms with Crippen LogP contribution >= 0.6 is 0 Å². The second-order valence-electron chi connectivity index (χ2n) is 5.11. The van der Waals surface area contributed by atoms with Gasteiger partial charge in [0, 0.05) is 23.7 Å². The number of aromatic nitrogens is 1. The van der Waals surface area contributed by atoms with Crippen LogP contribution in [0.1, 0.15) is 40.9 Å². The smallest absolute Gasteiger partial charge is 0.337 e. The van der Waals surface area contributed by atoms with Crippen LogP contribution in [-0.2, 0) is 6.54 Å². The average Bonchev–Trinajstić information content (AvgIpc) is 2.73. The van der Waals surface area contributed by atoms with Crippen LogP contribution in [0.15, 0.2) is 18.3 Å². The quantitative estimate of drug-likeness (QED) is 0.779. The van der Waals surface area contributed by atoms with Crippen molar-refractivity contribution in [2.75, 3.05) is 6.54 Å². The van der Waals surface area contributed by atoms with Gasteiger partial charge in [-0.25, -0.2) is 4.79 Å². The SMILES string of the molecule is Cc1cc(C(=O)O)c2c(c1)c(C(C)O)cn2CCCN. The van der Waals surface area contributed by atoms with Gasteiger partial charge in [0.25, 0.3) is 0 Å². The molecule has 20 heavy (non-hydrogen) atoms. The van der Waals surface area contributed by atoms with E-state index in [1.165, 1.54) is 0 Å². The van der Waals surface area contributed by atoms with Crippen molar-refractivity contribution in [2.45, 2.75) is 32.9 Å². The number of rotatable bonds is 5. The van der Waals surface area contributed by atoms with E-state index in [1.807, 2.05) is 23.8 Å². The second kappa shape index (κ2) is 5.64. The van der Waals surface area contributed by atoms with Crippen LogP contribution in [0, 0.1) is 6.92 Å². The van der Waals surface area contributed by atoms with E-state index in [0.717, 1.165) is 22.9 Å². The third-order valence-corrected chi connectivity index (χ3v) is 3.43. The number of aliphatic hydroxyl groups excluding tert-OH is 1. The topological polar surface area (TPSA) is 88.5 Å². The summed E-state index contributed by atoms with van der Waals surface area (Å²) >= 11 is 0. The third kappa shape index (κ3) is 2.55. The van der Waals surface area contributed by atoms with Crippen LogP contribution in [0.5, 0.6) is 0 Å². The lowest BCUT2D eigenvalue weighted by atomic mass is 10.0. The molecule has 1 heterocycles. The van der Waals surface area contributed by atoms with E-state index >= 15 is 0 Å². The van der Waals surface area contributed by atoms with Gasteiger partial charge in [0.05, 0.1) is 17.2 Å². The number of nitrogens with zero attached hydrogens (tertiary/aromatic N) is 1. The monoisotopic (exact) mass is 276 g/mol. The van der Waals surface area contributed by atoms with E-state index in [-0.39, 0.29) is 5.56 Å². The summed E-state index contributed by atoms with van der Waals surface area (Å²) in [5.74, 6) is -0.956. The standard InChI is InChI=1S/C15H20N2O3/c1-9-6-11-13(10(2)18)8-17(5-3-4-16)14(11)12(7-9)15(19)20/h6-8,10,18H,3-5,16H2,1-2H3,(H,19,20). The van der Waals surface area contributed by atoms with Gasteiger partial charge in [0.1, 0.15) is 0 Å². The van der Waals surface area contributed by atoms with Gasteiger partial charge >= 0.3 is 5.97 Å². The summed E-state index contributed by atoms with van der Waals surface area (Å²) in [6.07, 6.45) is 1.95. The predicted molar refractivity (Wildman–Crippen MR) is 77.9 cm³/mol. The first-order valence-electron chi connectivity index (χ1n) is 6.70. The van der Waals surface area contributed by atoms with Crippen molar-refractivity contribution in [3.05, 3.63) is 35.0 Å². The first kappa shape index (κ1) is 14.6. The lowest BCUT2D eigenvalue weighted by Gasteiger charge is -2.08. The van der Waals surface area contributed by atoms with Gasteiger partial charge in [0.15, 0.2) is 0 Å². The summed E-state index contributed by atoms with van der Waals surface area (Å²) in [7, 11) is 0. The Morgan fingerprint density at radius 1 is 1.45 bits per heavy atom. The van der Waals surface area contributed by atoms with Crippen molar-refractivity contribution in [3.8, 4) is 0 Å². The highest BCUT2D eigenvalue weighted by Gasteiger charge is 2.19. The molecule has 1 aromatic carbocycles. The van der Waals surface area contributed by atoms with Gasteiger partial charge in [-0.1, -0.05) is 0 Å². The number of hydrogen-bond donors (Lipinski definition) is 3. The van der Waals surface area contributed by atoms with E-state index in [4.69, 9.17) is 5.73 Å². The molecule has 0 bridgehead atoms. The first-order chi connectivity index (χ1) is 9.45. The number of benzene rings is 1. The Morgan fingerprint density at radius 3 is 2.70 bits per heavy atom. The van der Waals surface area contributed by atoms with Gasteiger partial charge in [-0.05, 0) is 44.5 Å². The largest absolute Gasteiger partial charge is 0.478 e. The molecule has 2 rings (SSSR count). The highest BCUT2D eigenvalue weighted by molar-refractivity contribution is 6.04. The zero-order valence-corrected chi connectivity index (χ0v) is 11.8. The van der Waals surface area contributed by atoms with E-state index < -0.39 is 12.1 Å². The Morgan fingerprint density at radius 2 is 2.15 bits per heavy atom. The van der Waals surface area contributed by atoms with E-state index in [2.05, 4.69) is 0 Å². The zero-order chi connectivity index (χ0) is 14.9. The highest BCUT2D eigenvalue weighted by atomic mass is 16.4. The molecule has 1 aromatic heterocycles. The minimum atomic E-state index is -0.956. The summed E-state index contributed by atoms with van der Waals surface area (Å²) in [6, 6.07) is 3.58. The van der Waals surface area contributed by atoms with Crippen LogP contribution in [0.25, 0.3) is 10.9 Å². The minimum absolute atomic E-state index is 0.268. The Bertz CT molecular complexity index is 644. The van der Waals surface area contributed by atoms with Crippen LogP contribution < -0.4 is 5.73 Å². The maximum Gasteiger partial charge on any atom is 0.337 e. The molecule has 0 radical (unpaired) electrons. The molecule has 4 N–H and O–H groups in total. The van der Waals surface area contributed by atoms with Crippen molar-refractivity contribution in [3.63, 3.8) is 0 Å². The summed E-state index contributed by atoms with van der Waals surface area (Å²) in [6.45, 7) is 4.72. The molecule has 0 spiro atoms. The molecule has 0 saturated carbocycles. The number of carboxylic acids is 1. The van der Waals surface area contributed by atoms with Crippen LogP contribution in [0.4, 0.5) is 0 Å². The van der Waals surface area contributed by atoms with Gasteiger partial charge < -0.3 is 20.5 Å². The second-order valence-corrected chi connectivity index (χ2v) is 5.11. The number of aryl methyl sites for hydroxylation is 2. The maximum absolute atomic E-state index is 11.5. The molecule has 5 nitrogen and oxygen atoms in total. The molecule has 1 atom stereocenters. The zero-order valence-electron chi connectivity index (χ0n) is 11.8. The molecule has 0 aliphatic heterocycles. The fourth-order valence-corrected chi connectivity index (χ4v) is 2.54. The number of hydrogen-bond acceptors (Lipinski definition) is 3. The molecular formula is C15H20N2O3. The summed E-state index contributed by atoms with van der Waals surface area (Å²) in [5.41, 5.74) is 8.08. The van der Waals surface area contributed by atoms with Crippen LogP contribution in [0.2, 0.25) is 0 Å². The predicted octanol–water partition coefficient (Wildman–Crippen LogP) is 2.05. The first-order valence-corrected chi connectivity index (χ1v) is 6.70. The fourth-order valence-electron chi connectivity index (χ4n) is 2.54. The summed E-state index contributed by atoms with van der Waals surface area (Å²) in [5, 5.41) is 20.1. The van der Waals surface area contributed by atoms with Crippen molar-refractivity contribution in [2.24, 2.45) is 5.73 Å². The Kier molecular flexibility index (Phi) is 4.11. The Hall–Kier alpha value is -1.85. The lowest BCUT2D eigenvalue weighted by molar-refractivity contribution is 0.0698. The van der Waals surface area contributed by atoms with Crippen molar-refractivity contribution >= 4 is 16.9 Å². The maximum atomic E-state index is 11.5. The fraction of sp³-hybridized carbons (Fsp3) is 0.400. The molecule has 5 heteroatoms. The minimum Gasteiger partial charge on any atom is -0.478 e. The average molecular weight is 276 g/mol. The Balaban J connectivity index is 2.75. The van der Waals surface area contributed by atoms with Gasteiger partial charge in [-0.15, -0.1) is 0 Å². The molecule has 2 aromatic rings. The number of carbonyl (C=O) groups is 1. The normalized spacial score (nSPS) is 12.8. The van der Waals surface area contributed by atoms with Crippen molar-refractivity contribution in [1.82, 2.24) is 4.57 Å². The molecule has 1 unspecified atom stereocenters. The molecule has 0 aliphatic rings. The molecule has 0 aliphatic carbocycles. The summed E-state index contributed by atoms with van der Waals surface area (Å²) in [4.78, 5) is 11.5. The number of fused-ring (bicyclic) bond motifs is 1. The van der Waals surface area contributed by atoms with Crippen molar-refractivity contribution in [1.29, 1.82) is 0 Å². The number of aromatic carboxylic acids is 1. The molecule has 0 amide bonds. The van der Waals surface area contributed by atoms with Crippen LogP contribution in [-0.4, -0.2) is 27.3 Å². The van der Waals surface area contributed by atoms with E-state index in [0.29, 0.717) is 18.6 Å². The lowest BCUT2D eigenvalue weighted by Crippen LogP contribution is -2.07. The van der Waals surface area contributed by atoms with Crippen molar-refractivity contribution < 1.29 is 15.0 Å². The molecular weight excluding hydrogens is 256 g/mol. The van der Waals surface area contributed by atoms with Gasteiger partial charge in [-0.2, -0.15) is 0 Å². The highest BCUT2D eigenvalue weighted by Crippen LogP contribution is 2.30. The Labute approximate surface area is 117 Å².